The first-order valence-corrected chi connectivity index (χ1v) is 12.3. The van der Waals surface area contributed by atoms with E-state index in [1.807, 2.05) is 56.3 Å². The summed E-state index contributed by atoms with van der Waals surface area (Å²) in [6, 6.07) is 20.5. The summed E-state index contributed by atoms with van der Waals surface area (Å²) in [5, 5.41) is 10.1. The zero-order valence-corrected chi connectivity index (χ0v) is 19.7. The Morgan fingerprint density at radius 1 is 0.879 bits per heavy atom. The van der Waals surface area contributed by atoms with Gasteiger partial charge >= 0.3 is 5.97 Å². The second-order valence-electron chi connectivity index (χ2n) is 8.54. The van der Waals surface area contributed by atoms with Crippen molar-refractivity contribution in [3.8, 4) is 0 Å². The summed E-state index contributed by atoms with van der Waals surface area (Å²) in [7, 11) is -4.05. The zero-order chi connectivity index (χ0) is 23.8. The molecule has 0 radical (unpaired) electrons. The molecule has 0 unspecified atom stereocenters. The Balaban J connectivity index is 2.00. The number of hydrogen-bond donors (Lipinski definition) is 1. The Morgan fingerprint density at radius 3 is 2.21 bits per heavy atom. The fourth-order valence-corrected chi connectivity index (χ4v) is 6.49. The van der Waals surface area contributed by atoms with Gasteiger partial charge in [0.2, 0.25) is 10.0 Å². The molecule has 0 saturated carbocycles. The average Bonchev–Trinajstić information content (AvgIpc) is 2.78. The smallest absolute Gasteiger partial charge is 0.333 e. The second kappa shape index (κ2) is 8.96. The van der Waals surface area contributed by atoms with Gasteiger partial charge in [-0.3, -0.25) is 0 Å². The fraction of sp³-hybridized carbons (Fsp3) is 0.222. The van der Waals surface area contributed by atoms with Crippen molar-refractivity contribution >= 4 is 16.0 Å². The number of aliphatic carboxylic acids is 1. The lowest BCUT2D eigenvalue weighted by atomic mass is 9.88. The average molecular weight is 462 g/mol. The number of carboxylic acids is 1. The molecule has 1 aliphatic rings. The van der Waals surface area contributed by atoms with Crippen LogP contribution in [0.3, 0.4) is 0 Å². The Kier molecular flexibility index (Phi) is 6.23. The van der Waals surface area contributed by atoms with Crippen molar-refractivity contribution in [3.05, 3.63) is 112 Å². The van der Waals surface area contributed by atoms with Crippen molar-refractivity contribution in [2.24, 2.45) is 0 Å². The third-order valence-electron chi connectivity index (χ3n) is 6.13. The number of nitrogens with zero attached hydrogens (tertiary/aromatic N) is 1. The summed E-state index contributed by atoms with van der Waals surface area (Å²) in [6.07, 6.45) is 1.95. The van der Waals surface area contributed by atoms with Gasteiger partial charge in [0.15, 0.2) is 0 Å². The Hall–Kier alpha value is -3.22. The number of hydrogen-bond acceptors (Lipinski definition) is 3. The van der Waals surface area contributed by atoms with E-state index < -0.39 is 28.1 Å². The van der Waals surface area contributed by atoms with Crippen LogP contribution in [0.4, 0.5) is 0 Å². The molecular weight excluding hydrogens is 434 g/mol. The maximum absolute atomic E-state index is 14.2. The summed E-state index contributed by atoms with van der Waals surface area (Å²) in [5.74, 6) is -1.12. The summed E-state index contributed by atoms with van der Waals surface area (Å²) in [6.45, 7) is 5.64. The highest BCUT2D eigenvalue weighted by Crippen LogP contribution is 2.46. The number of benzene rings is 3. The molecule has 170 valence electrons. The first kappa shape index (κ1) is 23.0. The quantitative estimate of drug-likeness (QED) is 0.544. The number of aryl methyl sites for hydroxylation is 3. The van der Waals surface area contributed by atoms with Crippen molar-refractivity contribution in [3.63, 3.8) is 0 Å². The minimum Gasteiger partial charge on any atom is -0.478 e. The molecular formula is C27H27NO4S. The summed E-state index contributed by atoms with van der Waals surface area (Å²) < 4.78 is 29.8. The van der Waals surface area contributed by atoms with Gasteiger partial charge in [-0.05, 0) is 49.9 Å². The molecule has 33 heavy (non-hydrogen) atoms. The first-order chi connectivity index (χ1) is 15.7. The van der Waals surface area contributed by atoms with Crippen molar-refractivity contribution < 1.29 is 18.3 Å². The third-order valence-corrected chi connectivity index (χ3v) is 8.17. The van der Waals surface area contributed by atoms with E-state index in [4.69, 9.17) is 0 Å². The lowest BCUT2D eigenvalue weighted by Crippen LogP contribution is -2.42. The van der Waals surface area contributed by atoms with Crippen LogP contribution in [0.1, 0.15) is 46.3 Å². The molecule has 0 spiro atoms. The van der Waals surface area contributed by atoms with Gasteiger partial charge in [-0.25, -0.2) is 13.2 Å². The van der Waals surface area contributed by atoms with Gasteiger partial charge in [-0.15, -0.1) is 0 Å². The van der Waals surface area contributed by atoms with E-state index in [1.54, 1.807) is 43.3 Å². The molecule has 0 bridgehead atoms. The predicted molar refractivity (Wildman–Crippen MR) is 128 cm³/mol. The molecule has 3 aromatic carbocycles. The lowest BCUT2D eigenvalue weighted by Gasteiger charge is -2.41. The third kappa shape index (κ3) is 4.36. The zero-order valence-electron chi connectivity index (χ0n) is 18.9. The van der Waals surface area contributed by atoms with Gasteiger partial charge in [0.05, 0.1) is 22.6 Å². The van der Waals surface area contributed by atoms with Crippen LogP contribution in [0.5, 0.6) is 0 Å². The molecule has 0 amide bonds. The molecule has 1 N–H and O–H groups in total. The normalized spacial score (nSPS) is 19.2. The van der Waals surface area contributed by atoms with E-state index >= 15 is 0 Å². The van der Waals surface area contributed by atoms with Crippen molar-refractivity contribution in [2.45, 2.75) is 44.2 Å². The molecule has 1 aliphatic heterocycles. The minimum absolute atomic E-state index is 0.0705. The lowest BCUT2D eigenvalue weighted by molar-refractivity contribution is -0.133. The summed E-state index contributed by atoms with van der Waals surface area (Å²) in [4.78, 5) is 12.5. The number of sulfonamides is 1. The minimum atomic E-state index is -4.05. The topological polar surface area (TPSA) is 74.7 Å². The predicted octanol–water partition coefficient (Wildman–Crippen LogP) is 5.50. The Bertz CT molecular complexity index is 1330. The van der Waals surface area contributed by atoms with E-state index in [0.29, 0.717) is 11.1 Å². The number of rotatable bonds is 5. The molecule has 0 fully saturated rings. The van der Waals surface area contributed by atoms with E-state index in [0.717, 1.165) is 16.7 Å². The van der Waals surface area contributed by atoms with Crippen LogP contribution in [0.25, 0.3) is 0 Å². The van der Waals surface area contributed by atoms with Gasteiger partial charge in [0.1, 0.15) is 0 Å². The van der Waals surface area contributed by atoms with Crippen LogP contribution >= 0.6 is 0 Å². The van der Waals surface area contributed by atoms with Gasteiger partial charge < -0.3 is 5.11 Å². The van der Waals surface area contributed by atoms with E-state index in [2.05, 4.69) is 0 Å². The number of carboxylic acid groups (broad SMARTS) is 1. The summed E-state index contributed by atoms with van der Waals surface area (Å²) >= 11 is 0. The van der Waals surface area contributed by atoms with Crippen LogP contribution in [0, 0.1) is 20.8 Å². The van der Waals surface area contributed by atoms with E-state index in [-0.39, 0.29) is 16.9 Å². The standard InChI is InChI=1S/C27H27NO4S/c1-18-11-13-21(14-12-18)24-16-15-23(27(29)30)26(22-9-6-7-19(2)17-22)28(24)33(31,32)25-10-5-4-8-20(25)3/h4-15,17,24,26H,16H2,1-3H3,(H,29,30)/t24-,26-/m0/s1. The highest BCUT2D eigenvalue weighted by atomic mass is 32.2. The van der Waals surface area contributed by atoms with Gasteiger partial charge in [-0.1, -0.05) is 83.9 Å². The molecule has 6 heteroatoms. The van der Waals surface area contributed by atoms with Gasteiger partial charge in [-0.2, -0.15) is 4.31 Å². The van der Waals surface area contributed by atoms with Gasteiger partial charge in [0, 0.05) is 0 Å². The first-order valence-electron chi connectivity index (χ1n) is 10.9. The van der Waals surface area contributed by atoms with Crippen LogP contribution in [0.15, 0.2) is 89.3 Å². The Labute approximate surface area is 195 Å². The maximum atomic E-state index is 14.2. The SMILES string of the molecule is Cc1ccc([C@@H]2CC=C(C(=O)O)[C@H](c3cccc(C)c3)N2S(=O)(=O)c2ccccc2C)cc1. The highest BCUT2D eigenvalue weighted by Gasteiger charge is 2.44. The van der Waals surface area contributed by atoms with Crippen molar-refractivity contribution in [1.82, 2.24) is 4.31 Å². The molecule has 3 aromatic rings. The van der Waals surface area contributed by atoms with E-state index in [1.165, 1.54) is 4.31 Å². The Morgan fingerprint density at radius 2 is 1.58 bits per heavy atom. The molecule has 2 atom stereocenters. The van der Waals surface area contributed by atoms with Crippen LogP contribution in [0.2, 0.25) is 0 Å². The van der Waals surface area contributed by atoms with Crippen LogP contribution in [-0.2, 0) is 14.8 Å². The largest absolute Gasteiger partial charge is 0.478 e. The molecule has 0 aromatic heterocycles. The summed E-state index contributed by atoms with van der Waals surface area (Å²) in [5.41, 5.74) is 4.16. The van der Waals surface area contributed by atoms with Crippen molar-refractivity contribution in [1.29, 1.82) is 0 Å². The van der Waals surface area contributed by atoms with E-state index in [9.17, 15) is 18.3 Å². The molecule has 4 rings (SSSR count). The monoisotopic (exact) mass is 461 g/mol. The fourth-order valence-electron chi connectivity index (χ4n) is 4.48. The second-order valence-corrected chi connectivity index (χ2v) is 10.4. The van der Waals surface area contributed by atoms with Crippen molar-refractivity contribution in [2.75, 3.05) is 0 Å². The molecule has 1 heterocycles. The van der Waals surface area contributed by atoms with Crippen LogP contribution in [-0.4, -0.2) is 23.8 Å². The number of carbonyl (C=O) groups is 1. The van der Waals surface area contributed by atoms with Crippen LogP contribution < -0.4 is 0 Å². The van der Waals surface area contributed by atoms with Gasteiger partial charge in [0.25, 0.3) is 0 Å². The highest BCUT2D eigenvalue weighted by molar-refractivity contribution is 7.89. The molecule has 5 nitrogen and oxygen atoms in total. The molecule has 0 aliphatic carbocycles. The molecule has 0 saturated heterocycles. The maximum Gasteiger partial charge on any atom is 0.333 e.